The number of amides is 2. The van der Waals surface area contributed by atoms with Crippen LogP contribution in [0.4, 0.5) is 4.79 Å². The average Bonchev–Trinajstić information content (AvgIpc) is 3.19. The predicted molar refractivity (Wildman–Crippen MR) is 88.2 cm³/mol. The Labute approximate surface area is 146 Å². The van der Waals surface area contributed by atoms with Crippen molar-refractivity contribution in [1.29, 1.82) is 0 Å². The van der Waals surface area contributed by atoms with Crippen molar-refractivity contribution in [2.24, 2.45) is 13.0 Å². The number of aromatic nitrogens is 5. The first-order valence-corrected chi connectivity index (χ1v) is 8.16. The van der Waals surface area contributed by atoms with Crippen LogP contribution in [0.3, 0.4) is 0 Å². The maximum absolute atomic E-state index is 12.7. The number of methoxy groups -OCH3 is 1. The Morgan fingerprint density at radius 1 is 1.48 bits per heavy atom. The van der Waals surface area contributed by atoms with Crippen molar-refractivity contribution in [3.05, 3.63) is 23.9 Å². The van der Waals surface area contributed by atoms with Gasteiger partial charge >= 0.3 is 6.03 Å². The van der Waals surface area contributed by atoms with Gasteiger partial charge in [0.05, 0.1) is 6.04 Å². The van der Waals surface area contributed by atoms with Gasteiger partial charge in [0, 0.05) is 20.7 Å². The summed E-state index contributed by atoms with van der Waals surface area (Å²) >= 11 is 0. The van der Waals surface area contributed by atoms with Gasteiger partial charge in [0.25, 0.3) is 0 Å². The fourth-order valence-corrected chi connectivity index (χ4v) is 2.37. The first-order chi connectivity index (χ1) is 12.0. The van der Waals surface area contributed by atoms with Crippen molar-refractivity contribution in [1.82, 2.24) is 35.1 Å². The van der Waals surface area contributed by atoms with Gasteiger partial charge < -0.3 is 19.5 Å². The van der Waals surface area contributed by atoms with Gasteiger partial charge in [-0.3, -0.25) is 4.68 Å². The number of hydrogen-bond donors (Lipinski definition) is 1. The highest BCUT2D eigenvalue weighted by Gasteiger charge is 2.25. The van der Waals surface area contributed by atoms with Gasteiger partial charge in [-0.15, -0.1) is 0 Å². The van der Waals surface area contributed by atoms with E-state index in [-0.39, 0.29) is 31.1 Å². The molecule has 1 N–H and O–H groups in total. The van der Waals surface area contributed by atoms with Crippen molar-refractivity contribution in [3.63, 3.8) is 0 Å². The topological polar surface area (TPSA) is 111 Å². The lowest BCUT2D eigenvalue weighted by atomic mass is 10.0. The molecular weight excluding hydrogens is 326 g/mol. The summed E-state index contributed by atoms with van der Waals surface area (Å²) in [6.07, 6.45) is 1.48. The molecule has 0 radical (unpaired) electrons. The highest BCUT2D eigenvalue weighted by Crippen LogP contribution is 2.19. The van der Waals surface area contributed by atoms with Crippen LogP contribution in [0, 0.1) is 5.92 Å². The van der Waals surface area contributed by atoms with E-state index < -0.39 is 0 Å². The molecule has 0 fully saturated rings. The van der Waals surface area contributed by atoms with E-state index in [0.717, 1.165) is 0 Å². The first kappa shape index (κ1) is 18.8. The van der Waals surface area contributed by atoms with E-state index in [1.165, 1.54) is 6.33 Å². The molecule has 10 nitrogen and oxygen atoms in total. The summed E-state index contributed by atoms with van der Waals surface area (Å²) in [6.45, 7) is 6.91. The summed E-state index contributed by atoms with van der Waals surface area (Å²) in [7, 11) is 3.36. The van der Waals surface area contributed by atoms with E-state index in [4.69, 9.17) is 9.26 Å². The van der Waals surface area contributed by atoms with E-state index in [1.54, 1.807) is 23.7 Å². The van der Waals surface area contributed by atoms with E-state index in [9.17, 15) is 4.79 Å². The molecule has 0 aliphatic heterocycles. The zero-order valence-electron chi connectivity index (χ0n) is 15.3. The molecule has 0 aliphatic carbocycles. The SMILES string of the molecule is CCN(Cc1nc(COC)no1)C(=O)N[C@@H](c1ncnn1C)C(C)C. The van der Waals surface area contributed by atoms with E-state index >= 15 is 0 Å². The summed E-state index contributed by atoms with van der Waals surface area (Å²) in [5, 5.41) is 10.9. The third-order valence-electron chi connectivity index (χ3n) is 3.75. The molecule has 10 heteroatoms. The molecule has 2 aromatic rings. The van der Waals surface area contributed by atoms with Crippen LogP contribution in [0.2, 0.25) is 0 Å². The summed E-state index contributed by atoms with van der Waals surface area (Å²) in [5.41, 5.74) is 0. The number of carbonyl (C=O) groups is 1. The lowest BCUT2D eigenvalue weighted by molar-refractivity contribution is 0.173. The van der Waals surface area contributed by atoms with Gasteiger partial charge in [-0.1, -0.05) is 19.0 Å². The highest BCUT2D eigenvalue weighted by atomic mass is 16.5. The number of nitrogens with one attached hydrogen (secondary N) is 1. The lowest BCUT2D eigenvalue weighted by Gasteiger charge is -2.26. The monoisotopic (exact) mass is 351 g/mol. The Balaban J connectivity index is 2.05. The average molecular weight is 351 g/mol. The van der Waals surface area contributed by atoms with E-state index in [1.807, 2.05) is 20.8 Å². The Hall–Kier alpha value is -2.49. The van der Waals surface area contributed by atoms with Crippen molar-refractivity contribution in [3.8, 4) is 0 Å². The smallest absolute Gasteiger partial charge is 0.318 e. The number of aryl methyl sites for hydroxylation is 1. The second-order valence-corrected chi connectivity index (χ2v) is 5.96. The minimum atomic E-state index is -0.249. The molecule has 2 aromatic heterocycles. The standard InChI is InChI=1S/C15H25N7O3/c1-6-22(7-12-18-11(8-24-5)20-25-12)15(23)19-13(10(2)3)14-16-9-17-21(14)4/h9-10,13H,6-8H2,1-5H3,(H,19,23)/t13-/m1/s1. The number of nitrogens with zero attached hydrogens (tertiary/aromatic N) is 6. The molecule has 0 aliphatic rings. The van der Waals surface area contributed by atoms with Crippen LogP contribution in [0.15, 0.2) is 10.9 Å². The molecule has 0 spiro atoms. The van der Waals surface area contributed by atoms with Gasteiger partial charge in [-0.05, 0) is 12.8 Å². The summed E-state index contributed by atoms with van der Waals surface area (Å²) in [5.74, 6) is 1.68. The number of carbonyl (C=O) groups excluding carboxylic acids is 1. The Morgan fingerprint density at radius 3 is 2.80 bits per heavy atom. The molecule has 0 unspecified atom stereocenters. The quantitative estimate of drug-likeness (QED) is 0.762. The maximum Gasteiger partial charge on any atom is 0.318 e. The van der Waals surface area contributed by atoms with Crippen LogP contribution in [0.5, 0.6) is 0 Å². The molecule has 0 bridgehead atoms. The van der Waals surface area contributed by atoms with Crippen LogP contribution in [0.25, 0.3) is 0 Å². The fraction of sp³-hybridized carbons (Fsp3) is 0.667. The molecular formula is C15H25N7O3. The van der Waals surface area contributed by atoms with Crippen molar-refractivity contribution < 1.29 is 14.1 Å². The number of ether oxygens (including phenoxy) is 1. The largest absolute Gasteiger partial charge is 0.377 e. The molecule has 0 saturated heterocycles. The first-order valence-electron chi connectivity index (χ1n) is 8.16. The molecule has 2 amide bonds. The van der Waals surface area contributed by atoms with E-state index in [0.29, 0.717) is 24.1 Å². The normalized spacial score (nSPS) is 12.4. The molecule has 138 valence electrons. The van der Waals surface area contributed by atoms with Crippen LogP contribution in [-0.4, -0.2) is 49.5 Å². The van der Waals surface area contributed by atoms with Crippen LogP contribution in [0.1, 0.15) is 44.4 Å². The number of urea groups is 1. The summed E-state index contributed by atoms with van der Waals surface area (Å²) < 4.78 is 11.8. The van der Waals surface area contributed by atoms with Gasteiger partial charge in [0.1, 0.15) is 25.3 Å². The third kappa shape index (κ3) is 4.75. The zero-order chi connectivity index (χ0) is 18.4. The second-order valence-electron chi connectivity index (χ2n) is 5.96. The Morgan fingerprint density at radius 2 is 2.24 bits per heavy atom. The molecule has 0 saturated carbocycles. The molecule has 2 heterocycles. The van der Waals surface area contributed by atoms with Gasteiger partial charge in [-0.25, -0.2) is 9.78 Å². The molecule has 1 atom stereocenters. The Bertz CT molecular complexity index is 682. The molecule has 0 aromatic carbocycles. The second kappa shape index (κ2) is 8.56. The maximum atomic E-state index is 12.7. The lowest BCUT2D eigenvalue weighted by Crippen LogP contribution is -2.43. The van der Waals surface area contributed by atoms with Crippen molar-refractivity contribution >= 4 is 6.03 Å². The zero-order valence-corrected chi connectivity index (χ0v) is 15.3. The highest BCUT2D eigenvalue weighted by molar-refractivity contribution is 5.74. The summed E-state index contributed by atoms with van der Waals surface area (Å²) in [4.78, 5) is 22.7. The van der Waals surface area contributed by atoms with Crippen LogP contribution >= 0.6 is 0 Å². The number of rotatable bonds is 8. The van der Waals surface area contributed by atoms with Crippen molar-refractivity contribution in [2.45, 2.75) is 40.0 Å². The molecule has 2 rings (SSSR count). The minimum absolute atomic E-state index is 0.155. The predicted octanol–water partition coefficient (Wildman–Crippen LogP) is 1.27. The Kier molecular flexibility index (Phi) is 6.45. The third-order valence-corrected chi connectivity index (χ3v) is 3.75. The fourth-order valence-electron chi connectivity index (χ4n) is 2.37. The van der Waals surface area contributed by atoms with E-state index in [2.05, 4.69) is 25.5 Å². The van der Waals surface area contributed by atoms with Crippen LogP contribution in [-0.2, 0) is 24.9 Å². The minimum Gasteiger partial charge on any atom is -0.377 e. The summed E-state index contributed by atoms with van der Waals surface area (Å²) in [6, 6.07) is -0.475. The molecule has 25 heavy (non-hydrogen) atoms. The number of hydrogen-bond acceptors (Lipinski definition) is 7. The van der Waals surface area contributed by atoms with Gasteiger partial charge in [-0.2, -0.15) is 10.1 Å². The van der Waals surface area contributed by atoms with Gasteiger partial charge in [0.2, 0.25) is 5.89 Å². The van der Waals surface area contributed by atoms with Crippen molar-refractivity contribution in [2.75, 3.05) is 13.7 Å². The van der Waals surface area contributed by atoms with Gasteiger partial charge in [0.15, 0.2) is 5.82 Å². The van der Waals surface area contributed by atoms with Crippen LogP contribution < -0.4 is 5.32 Å².